The first-order chi connectivity index (χ1) is 8.70. The second-order valence-electron chi connectivity index (χ2n) is 6.38. The molecular weight excluding hydrogens is 240 g/mol. The first-order valence-corrected chi connectivity index (χ1v) is 6.46. The number of rotatable bonds is 3. The number of aryl methyl sites for hydroxylation is 1. The number of hydrazine groups is 1. The van der Waals surface area contributed by atoms with Crippen molar-refractivity contribution in [1.29, 1.82) is 0 Å². The zero-order valence-electron chi connectivity index (χ0n) is 12.2. The SMILES string of the molecule is Cc1cc(C(=O)NC2C(C)(C)C2(C)C)cc(NN)n1. The average Bonchev–Trinajstić information content (AvgIpc) is 2.70. The molecule has 0 spiro atoms. The van der Waals surface area contributed by atoms with E-state index in [9.17, 15) is 4.79 Å². The number of carbonyl (C=O) groups is 1. The Balaban J connectivity index is 2.16. The van der Waals surface area contributed by atoms with Crippen LogP contribution in [0.2, 0.25) is 0 Å². The van der Waals surface area contributed by atoms with Crippen LogP contribution in [-0.2, 0) is 0 Å². The molecule has 0 radical (unpaired) electrons. The van der Waals surface area contributed by atoms with Crippen LogP contribution in [0.4, 0.5) is 5.82 Å². The van der Waals surface area contributed by atoms with Gasteiger partial charge in [0.05, 0.1) is 0 Å². The summed E-state index contributed by atoms with van der Waals surface area (Å²) in [6.07, 6.45) is 0. The molecule has 1 aromatic heterocycles. The number of anilines is 1. The number of nitrogen functional groups attached to an aromatic ring is 1. The fourth-order valence-electron chi connectivity index (χ4n) is 2.65. The summed E-state index contributed by atoms with van der Waals surface area (Å²) in [6, 6.07) is 3.61. The van der Waals surface area contributed by atoms with E-state index in [1.165, 1.54) is 0 Å². The summed E-state index contributed by atoms with van der Waals surface area (Å²) in [5.74, 6) is 5.76. The van der Waals surface area contributed by atoms with Crippen LogP contribution in [0.15, 0.2) is 12.1 Å². The number of nitrogens with two attached hydrogens (primary N) is 1. The number of pyridine rings is 1. The molecule has 1 aliphatic carbocycles. The lowest BCUT2D eigenvalue weighted by atomic mass is 10.0. The van der Waals surface area contributed by atoms with E-state index in [0.717, 1.165) is 5.69 Å². The molecular formula is C14H22N4O. The normalized spacial score (nSPS) is 19.9. The van der Waals surface area contributed by atoms with Crippen molar-refractivity contribution in [2.75, 3.05) is 5.43 Å². The maximum Gasteiger partial charge on any atom is 0.251 e. The van der Waals surface area contributed by atoms with Crippen molar-refractivity contribution in [3.8, 4) is 0 Å². The van der Waals surface area contributed by atoms with E-state index >= 15 is 0 Å². The van der Waals surface area contributed by atoms with Crippen molar-refractivity contribution < 1.29 is 4.79 Å². The molecule has 1 saturated carbocycles. The van der Waals surface area contributed by atoms with Gasteiger partial charge in [0.25, 0.3) is 5.91 Å². The molecule has 2 rings (SSSR count). The van der Waals surface area contributed by atoms with Crippen molar-refractivity contribution in [1.82, 2.24) is 10.3 Å². The summed E-state index contributed by atoms with van der Waals surface area (Å²) < 4.78 is 0. The Kier molecular flexibility index (Phi) is 3.05. The van der Waals surface area contributed by atoms with Crippen molar-refractivity contribution in [2.24, 2.45) is 16.7 Å². The van der Waals surface area contributed by atoms with Gasteiger partial charge in [0.2, 0.25) is 0 Å². The third-order valence-electron chi connectivity index (χ3n) is 4.66. The van der Waals surface area contributed by atoms with E-state index in [-0.39, 0.29) is 22.8 Å². The van der Waals surface area contributed by atoms with Crippen LogP contribution in [0, 0.1) is 17.8 Å². The molecule has 4 N–H and O–H groups in total. The van der Waals surface area contributed by atoms with Crippen LogP contribution in [0.1, 0.15) is 43.7 Å². The fourth-order valence-corrected chi connectivity index (χ4v) is 2.65. The number of amides is 1. The van der Waals surface area contributed by atoms with Crippen molar-refractivity contribution in [3.05, 3.63) is 23.4 Å². The van der Waals surface area contributed by atoms with E-state index in [4.69, 9.17) is 5.84 Å². The van der Waals surface area contributed by atoms with E-state index in [1.807, 2.05) is 6.92 Å². The first kappa shape index (κ1) is 13.8. The van der Waals surface area contributed by atoms with Gasteiger partial charge in [-0.3, -0.25) is 4.79 Å². The van der Waals surface area contributed by atoms with E-state index < -0.39 is 0 Å². The minimum Gasteiger partial charge on any atom is -0.348 e. The Bertz CT molecular complexity index is 508. The van der Waals surface area contributed by atoms with Gasteiger partial charge in [-0.15, -0.1) is 0 Å². The number of hydrogen-bond acceptors (Lipinski definition) is 4. The Labute approximate surface area is 114 Å². The molecule has 1 amide bonds. The van der Waals surface area contributed by atoms with Gasteiger partial charge >= 0.3 is 0 Å². The number of nitrogens with one attached hydrogen (secondary N) is 2. The Morgan fingerprint density at radius 2 is 1.84 bits per heavy atom. The summed E-state index contributed by atoms with van der Waals surface area (Å²) in [4.78, 5) is 16.5. The first-order valence-electron chi connectivity index (χ1n) is 6.46. The number of aromatic nitrogens is 1. The molecule has 104 valence electrons. The fraction of sp³-hybridized carbons (Fsp3) is 0.571. The summed E-state index contributed by atoms with van der Waals surface area (Å²) >= 11 is 0. The molecule has 1 aliphatic rings. The second kappa shape index (κ2) is 4.20. The molecule has 0 bridgehead atoms. The van der Waals surface area contributed by atoms with Crippen molar-refractivity contribution in [2.45, 2.75) is 40.7 Å². The second-order valence-corrected chi connectivity index (χ2v) is 6.38. The highest BCUT2D eigenvalue weighted by Crippen LogP contribution is 2.62. The van der Waals surface area contributed by atoms with Gasteiger partial charge in [-0.1, -0.05) is 27.7 Å². The topological polar surface area (TPSA) is 80.0 Å². The largest absolute Gasteiger partial charge is 0.348 e. The van der Waals surface area contributed by atoms with Crippen LogP contribution < -0.4 is 16.6 Å². The van der Waals surface area contributed by atoms with Crippen molar-refractivity contribution >= 4 is 11.7 Å². The lowest BCUT2D eigenvalue weighted by Gasteiger charge is -2.09. The molecule has 1 heterocycles. The van der Waals surface area contributed by atoms with Gasteiger partial charge in [0, 0.05) is 17.3 Å². The van der Waals surface area contributed by atoms with Gasteiger partial charge < -0.3 is 10.7 Å². The van der Waals surface area contributed by atoms with E-state index in [2.05, 4.69) is 43.4 Å². The third kappa shape index (κ3) is 2.18. The predicted molar refractivity (Wildman–Crippen MR) is 75.6 cm³/mol. The van der Waals surface area contributed by atoms with Crippen LogP contribution in [0.3, 0.4) is 0 Å². The standard InChI is InChI=1S/C14H22N4O/c1-8-6-9(7-10(16-8)18-15)11(19)17-12-13(2,3)14(12,4)5/h6-7,12H,15H2,1-5H3,(H,16,18)(H,17,19). The summed E-state index contributed by atoms with van der Waals surface area (Å²) in [5, 5.41) is 3.09. The highest BCUT2D eigenvalue weighted by Gasteiger charge is 2.65. The van der Waals surface area contributed by atoms with Gasteiger partial charge in [-0.2, -0.15) is 0 Å². The zero-order valence-corrected chi connectivity index (χ0v) is 12.2. The van der Waals surface area contributed by atoms with E-state index in [0.29, 0.717) is 11.4 Å². The van der Waals surface area contributed by atoms with Crippen molar-refractivity contribution in [3.63, 3.8) is 0 Å². The van der Waals surface area contributed by atoms with Gasteiger partial charge in [0.15, 0.2) is 0 Å². The minimum absolute atomic E-state index is 0.0781. The number of nitrogens with zero attached hydrogens (tertiary/aromatic N) is 1. The van der Waals surface area contributed by atoms with Gasteiger partial charge in [-0.05, 0) is 29.9 Å². The Morgan fingerprint density at radius 1 is 1.26 bits per heavy atom. The van der Waals surface area contributed by atoms with Gasteiger partial charge in [0.1, 0.15) is 5.82 Å². The van der Waals surface area contributed by atoms with Crippen LogP contribution in [0.25, 0.3) is 0 Å². The Morgan fingerprint density at radius 3 is 2.32 bits per heavy atom. The molecule has 5 nitrogen and oxygen atoms in total. The average molecular weight is 262 g/mol. The summed E-state index contributed by atoms with van der Waals surface area (Å²) in [7, 11) is 0. The zero-order chi connectivity index (χ0) is 14.4. The number of hydrogen-bond donors (Lipinski definition) is 3. The highest BCUT2D eigenvalue weighted by atomic mass is 16.1. The maximum absolute atomic E-state index is 12.3. The minimum atomic E-state index is -0.0781. The predicted octanol–water partition coefficient (Wildman–Crippen LogP) is 1.84. The number of carbonyl (C=O) groups excluding carboxylic acids is 1. The molecule has 1 fully saturated rings. The Hall–Kier alpha value is -1.62. The summed E-state index contributed by atoms with van der Waals surface area (Å²) in [5.41, 5.74) is 4.06. The van der Waals surface area contributed by atoms with Crippen LogP contribution >= 0.6 is 0 Å². The lowest BCUT2D eigenvalue weighted by molar-refractivity contribution is 0.0943. The molecule has 0 aliphatic heterocycles. The smallest absolute Gasteiger partial charge is 0.251 e. The quantitative estimate of drug-likeness (QED) is 0.573. The summed E-state index contributed by atoms with van der Waals surface area (Å²) in [6.45, 7) is 10.5. The molecule has 0 atom stereocenters. The maximum atomic E-state index is 12.3. The lowest BCUT2D eigenvalue weighted by Crippen LogP contribution is -2.30. The molecule has 19 heavy (non-hydrogen) atoms. The van der Waals surface area contributed by atoms with Crippen LogP contribution in [-0.4, -0.2) is 16.9 Å². The molecule has 0 unspecified atom stereocenters. The third-order valence-corrected chi connectivity index (χ3v) is 4.66. The molecule has 5 heteroatoms. The highest BCUT2D eigenvalue weighted by molar-refractivity contribution is 5.95. The monoisotopic (exact) mass is 262 g/mol. The molecule has 1 aromatic rings. The molecule has 0 saturated heterocycles. The van der Waals surface area contributed by atoms with E-state index in [1.54, 1.807) is 12.1 Å². The molecule has 0 aromatic carbocycles. The van der Waals surface area contributed by atoms with Gasteiger partial charge in [-0.25, -0.2) is 10.8 Å². The van der Waals surface area contributed by atoms with Crippen LogP contribution in [0.5, 0.6) is 0 Å².